The molecular weight excluding hydrogens is 196 g/mol. The molecule has 1 N–H and O–H groups in total. The van der Waals surface area contributed by atoms with Gasteiger partial charge in [0, 0.05) is 5.33 Å². The van der Waals surface area contributed by atoms with Crippen LogP contribution in [0.25, 0.3) is 0 Å². The molecule has 0 aromatic carbocycles. The summed E-state index contributed by atoms with van der Waals surface area (Å²) in [6.07, 6.45) is 0. The smallest absolute Gasteiger partial charge is 0.307 e. The van der Waals surface area contributed by atoms with Crippen molar-refractivity contribution in [1.29, 1.82) is 0 Å². The van der Waals surface area contributed by atoms with Crippen LogP contribution in [-0.2, 0) is 4.79 Å². The highest BCUT2D eigenvalue weighted by Crippen LogP contribution is 2.27. The second-order valence-corrected chi connectivity index (χ2v) is 4.06. The van der Waals surface area contributed by atoms with Crippen molar-refractivity contribution < 1.29 is 9.90 Å². The van der Waals surface area contributed by atoms with Crippen LogP contribution < -0.4 is 0 Å². The zero-order valence-corrected chi connectivity index (χ0v) is 8.10. The van der Waals surface area contributed by atoms with E-state index in [4.69, 9.17) is 5.11 Å². The van der Waals surface area contributed by atoms with Crippen LogP contribution in [0.3, 0.4) is 0 Å². The molecule has 0 radical (unpaired) electrons. The number of rotatable bonds is 2. The highest BCUT2D eigenvalue weighted by Gasteiger charge is 2.29. The fraction of sp³-hybridized carbons (Fsp3) is 0.857. The van der Waals surface area contributed by atoms with Crippen LogP contribution in [0.2, 0.25) is 0 Å². The van der Waals surface area contributed by atoms with Crippen molar-refractivity contribution in [2.45, 2.75) is 20.8 Å². The molecule has 0 bridgehead atoms. The predicted molar refractivity (Wildman–Crippen MR) is 44.4 cm³/mol. The van der Waals surface area contributed by atoms with E-state index < -0.39 is 5.97 Å². The average Bonchev–Trinajstić information content (AvgIpc) is 1.60. The predicted octanol–water partition coefficient (Wildman–Crippen LogP) is 2.13. The minimum atomic E-state index is -0.732. The van der Waals surface area contributed by atoms with Crippen LogP contribution in [0.1, 0.15) is 20.8 Å². The van der Waals surface area contributed by atoms with E-state index in [-0.39, 0.29) is 11.3 Å². The summed E-state index contributed by atoms with van der Waals surface area (Å²) in [5.74, 6) is -1.03. The average molecular weight is 209 g/mol. The Morgan fingerprint density at radius 1 is 1.60 bits per heavy atom. The Labute approximate surface area is 69.8 Å². The fourth-order valence-corrected chi connectivity index (χ4v) is 1.92. The molecule has 3 heteroatoms. The van der Waals surface area contributed by atoms with E-state index in [9.17, 15) is 4.79 Å². The van der Waals surface area contributed by atoms with Gasteiger partial charge in [-0.2, -0.15) is 0 Å². The number of aliphatic carboxylic acids is 1. The summed E-state index contributed by atoms with van der Waals surface area (Å²) >= 11 is 3.17. The van der Waals surface area contributed by atoms with Gasteiger partial charge in [0.15, 0.2) is 0 Å². The quantitative estimate of drug-likeness (QED) is 0.707. The maximum absolute atomic E-state index is 10.5. The van der Waals surface area contributed by atoms with Crippen molar-refractivity contribution >= 4 is 21.9 Å². The normalized spacial score (nSPS) is 14.8. The minimum absolute atomic E-state index is 0.157. The van der Waals surface area contributed by atoms with E-state index >= 15 is 0 Å². The monoisotopic (exact) mass is 208 g/mol. The molecule has 0 heterocycles. The van der Waals surface area contributed by atoms with Crippen molar-refractivity contribution in [2.24, 2.45) is 11.3 Å². The molecule has 1 unspecified atom stereocenters. The minimum Gasteiger partial charge on any atom is -0.481 e. The first-order valence-electron chi connectivity index (χ1n) is 3.18. The number of carboxylic acids is 1. The summed E-state index contributed by atoms with van der Waals surface area (Å²) < 4.78 is 0. The van der Waals surface area contributed by atoms with Gasteiger partial charge in [-0.1, -0.05) is 36.7 Å². The van der Waals surface area contributed by atoms with Gasteiger partial charge < -0.3 is 5.11 Å². The largest absolute Gasteiger partial charge is 0.481 e. The van der Waals surface area contributed by atoms with Crippen LogP contribution in [0, 0.1) is 11.3 Å². The van der Waals surface area contributed by atoms with Gasteiger partial charge in [0.05, 0.1) is 5.92 Å². The molecule has 2 nitrogen and oxygen atoms in total. The van der Waals surface area contributed by atoms with E-state index in [1.54, 1.807) is 0 Å². The SMILES string of the molecule is CC(C)(C)C(CBr)C(=O)O. The third-order valence-corrected chi connectivity index (χ3v) is 2.15. The van der Waals surface area contributed by atoms with E-state index in [0.29, 0.717) is 5.33 Å². The molecule has 0 rings (SSSR count). The van der Waals surface area contributed by atoms with Gasteiger partial charge >= 0.3 is 5.97 Å². The van der Waals surface area contributed by atoms with E-state index in [2.05, 4.69) is 15.9 Å². The third kappa shape index (κ3) is 2.69. The van der Waals surface area contributed by atoms with E-state index in [1.807, 2.05) is 20.8 Å². The topological polar surface area (TPSA) is 37.3 Å². The third-order valence-electron chi connectivity index (χ3n) is 1.50. The molecule has 10 heavy (non-hydrogen) atoms. The lowest BCUT2D eigenvalue weighted by molar-refractivity contribution is -0.144. The number of halogens is 1. The number of carbonyl (C=O) groups is 1. The summed E-state index contributed by atoms with van der Waals surface area (Å²) in [5.41, 5.74) is -0.157. The molecule has 60 valence electrons. The second kappa shape index (κ2) is 3.37. The van der Waals surface area contributed by atoms with Crippen LogP contribution in [0.4, 0.5) is 0 Å². The van der Waals surface area contributed by atoms with Gasteiger partial charge in [-0.3, -0.25) is 4.79 Å². The maximum atomic E-state index is 10.5. The van der Waals surface area contributed by atoms with Crippen molar-refractivity contribution in [3.63, 3.8) is 0 Å². The summed E-state index contributed by atoms with van der Waals surface area (Å²) in [5, 5.41) is 9.20. The molecule has 0 aromatic rings. The molecule has 0 saturated heterocycles. The van der Waals surface area contributed by atoms with Gasteiger partial charge in [-0.05, 0) is 5.41 Å². The summed E-state index contributed by atoms with van der Waals surface area (Å²) in [4.78, 5) is 10.5. The Balaban J connectivity index is 4.22. The van der Waals surface area contributed by atoms with Crippen molar-refractivity contribution in [1.82, 2.24) is 0 Å². The lowest BCUT2D eigenvalue weighted by atomic mass is 9.82. The maximum Gasteiger partial charge on any atom is 0.307 e. The zero-order valence-electron chi connectivity index (χ0n) is 6.52. The van der Waals surface area contributed by atoms with Gasteiger partial charge in [0.1, 0.15) is 0 Å². The number of carboxylic acid groups (broad SMARTS) is 1. The van der Waals surface area contributed by atoms with Gasteiger partial charge in [-0.15, -0.1) is 0 Å². The molecule has 0 amide bonds. The number of hydrogen-bond acceptors (Lipinski definition) is 1. The van der Waals surface area contributed by atoms with Crippen LogP contribution in [-0.4, -0.2) is 16.4 Å². The molecule has 0 spiro atoms. The lowest BCUT2D eigenvalue weighted by Crippen LogP contribution is -2.29. The van der Waals surface area contributed by atoms with Gasteiger partial charge in [0.25, 0.3) is 0 Å². The highest BCUT2D eigenvalue weighted by atomic mass is 79.9. The van der Waals surface area contributed by atoms with Crippen LogP contribution in [0.15, 0.2) is 0 Å². The van der Waals surface area contributed by atoms with Crippen molar-refractivity contribution in [3.05, 3.63) is 0 Å². The molecule has 0 aromatic heterocycles. The second-order valence-electron chi connectivity index (χ2n) is 3.41. The molecule has 0 aliphatic heterocycles. The first-order chi connectivity index (χ1) is 4.39. The van der Waals surface area contributed by atoms with E-state index in [0.717, 1.165) is 0 Å². The Bertz CT molecular complexity index is 126. The van der Waals surface area contributed by atoms with Gasteiger partial charge in [0.2, 0.25) is 0 Å². The Morgan fingerprint density at radius 2 is 2.00 bits per heavy atom. The number of alkyl halides is 1. The summed E-state index contributed by atoms with van der Waals surface area (Å²) in [7, 11) is 0. The Morgan fingerprint density at radius 3 is 2.00 bits per heavy atom. The van der Waals surface area contributed by atoms with Crippen molar-refractivity contribution in [2.75, 3.05) is 5.33 Å². The Kier molecular flexibility index (Phi) is 3.36. The molecule has 0 fully saturated rings. The summed E-state index contributed by atoms with van der Waals surface area (Å²) in [6, 6.07) is 0. The van der Waals surface area contributed by atoms with E-state index in [1.165, 1.54) is 0 Å². The molecular formula is C7H13BrO2. The Hall–Kier alpha value is -0.0500. The molecule has 1 atom stereocenters. The first kappa shape index (κ1) is 9.95. The van der Waals surface area contributed by atoms with Crippen LogP contribution >= 0.6 is 15.9 Å². The number of hydrogen-bond donors (Lipinski definition) is 1. The first-order valence-corrected chi connectivity index (χ1v) is 4.30. The summed E-state index contributed by atoms with van der Waals surface area (Å²) in [6.45, 7) is 5.77. The van der Waals surface area contributed by atoms with Crippen molar-refractivity contribution in [3.8, 4) is 0 Å². The lowest BCUT2D eigenvalue weighted by Gasteiger charge is -2.24. The van der Waals surface area contributed by atoms with Gasteiger partial charge in [-0.25, -0.2) is 0 Å². The van der Waals surface area contributed by atoms with Crippen LogP contribution in [0.5, 0.6) is 0 Å². The molecule has 0 saturated carbocycles. The standard InChI is InChI=1S/C7H13BrO2/c1-7(2,3)5(4-8)6(9)10/h5H,4H2,1-3H3,(H,9,10). The zero-order chi connectivity index (χ0) is 8.36. The fourth-order valence-electron chi connectivity index (χ4n) is 0.668. The molecule has 0 aliphatic carbocycles. The highest BCUT2D eigenvalue weighted by molar-refractivity contribution is 9.09. The molecule has 0 aliphatic rings.